The second-order valence-corrected chi connectivity index (χ2v) is 6.23. The van der Waals surface area contributed by atoms with Crippen LogP contribution in [0.4, 0.5) is 0 Å². The van der Waals surface area contributed by atoms with Crippen molar-refractivity contribution in [1.29, 1.82) is 0 Å². The van der Waals surface area contributed by atoms with Crippen LogP contribution in [0.2, 0.25) is 0 Å². The second kappa shape index (κ2) is 10.8. The van der Waals surface area contributed by atoms with Crippen molar-refractivity contribution in [3.05, 3.63) is 35.5 Å². The Hall–Kier alpha value is -0.890. The second-order valence-electron chi connectivity index (χ2n) is 5.24. The zero-order valence-corrected chi connectivity index (χ0v) is 17.3. The number of fused-ring (bicyclic) bond motifs is 1. The molecule has 0 spiro atoms. The maximum Gasteiger partial charge on any atom is 0.191 e. The van der Waals surface area contributed by atoms with E-state index in [-0.39, 0.29) is 24.0 Å². The van der Waals surface area contributed by atoms with Gasteiger partial charge in [0.15, 0.2) is 5.96 Å². The van der Waals surface area contributed by atoms with Crippen molar-refractivity contribution in [2.75, 3.05) is 31.6 Å². The standard InChI is InChI=1S/C17H26N4S.HI/c1-4-18-17(20-10-11-22-3)19-9-8-14-12-21-15-7-5-6-13(2)16(14)15;/h5-7,12,21H,4,8-11H2,1-3H3,(H2,18,19,20);1H. The van der Waals surface area contributed by atoms with E-state index in [1.54, 1.807) is 0 Å². The first-order chi connectivity index (χ1) is 10.8. The van der Waals surface area contributed by atoms with Crippen LogP contribution >= 0.6 is 35.7 Å². The normalized spacial score (nSPS) is 11.3. The number of H-pyrrole nitrogens is 1. The van der Waals surface area contributed by atoms with E-state index >= 15 is 0 Å². The predicted molar refractivity (Wildman–Crippen MR) is 115 cm³/mol. The Bertz CT molecular complexity index is 624. The van der Waals surface area contributed by atoms with Crippen LogP contribution in [-0.2, 0) is 6.42 Å². The van der Waals surface area contributed by atoms with Gasteiger partial charge in [0, 0.05) is 35.9 Å². The van der Waals surface area contributed by atoms with Gasteiger partial charge in [-0.15, -0.1) is 24.0 Å². The molecule has 0 radical (unpaired) electrons. The molecule has 1 heterocycles. The fourth-order valence-corrected chi connectivity index (χ4v) is 2.83. The minimum Gasteiger partial charge on any atom is -0.361 e. The van der Waals surface area contributed by atoms with Gasteiger partial charge < -0.3 is 15.6 Å². The molecule has 0 amide bonds. The highest BCUT2D eigenvalue weighted by molar-refractivity contribution is 14.0. The Morgan fingerprint density at radius 3 is 2.87 bits per heavy atom. The number of benzene rings is 1. The van der Waals surface area contributed by atoms with E-state index in [9.17, 15) is 0 Å². The molecule has 2 rings (SSSR count). The molecule has 1 aromatic heterocycles. The van der Waals surface area contributed by atoms with Crippen molar-refractivity contribution in [3.8, 4) is 0 Å². The maximum atomic E-state index is 4.57. The lowest BCUT2D eigenvalue weighted by Crippen LogP contribution is -2.38. The zero-order chi connectivity index (χ0) is 15.8. The minimum atomic E-state index is 0. The van der Waals surface area contributed by atoms with Crippen molar-refractivity contribution in [1.82, 2.24) is 15.6 Å². The summed E-state index contributed by atoms with van der Waals surface area (Å²) < 4.78 is 0. The summed E-state index contributed by atoms with van der Waals surface area (Å²) in [5, 5.41) is 8.06. The molecule has 3 N–H and O–H groups in total. The third-order valence-electron chi connectivity index (χ3n) is 3.59. The quantitative estimate of drug-likeness (QED) is 0.264. The van der Waals surface area contributed by atoms with Gasteiger partial charge in [-0.2, -0.15) is 11.8 Å². The summed E-state index contributed by atoms with van der Waals surface area (Å²) in [5.74, 6) is 1.96. The van der Waals surface area contributed by atoms with E-state index in [2.05, 4.69) is 65.1 Å². The van der Waals surface area contributed by atoms with Crippen LogP contribution < -0.4 is 10.6 Å². The first-order valence-corrected chi connectivity index (χ1v) is 9.22. The van der Waals surface area contributed by atoms with Gasteiger partial charge >= 0.3 is 0 Å². The number of guanidine groups is 1. The topological polar surface area (TPSA) is 52.2 Å². The van der Waals surface area contributed by atoms with E-state index in [0.717, 1.165) is 37.8 Å². The van der Waals surface area contributed by atoms with Gasteiger partial charge in [-0.25, -0.2) is 0 Å². The number of nitrogens with zero attached hydrogens (tertiary/aromatic N) is 1. The molecule has 2 aromatic rings. The number of hydrogen-bond donors (Lipinski definition) is 3. The van der Waals surface area contributed by atoms with Crippen LogP contribution in [0.5, 0.6) is 0 Å². The summed E-state index contributed by atoms with van der Waals surface area (Å²) in [4.78, 5) is 7.93. The molecule has 0 fully saturated rings. The first kappa shape index (κ1) is 20.2. The Balaban J connectivity index is 0.00000264. The van der Waals surface area contributed by atoms with Crippen LogP contribution in [0.3, 0.4) is 0 Å². The number of nitrogens with one attached hydrogen (secondary N) is 3. The van der Waals surface area contributed by atoms with Gasteiger partial charge in [0.2, 0.25) is 0 Å². The summed E-state index contributed by atoms with van der Waals surface area (Å²) in [6, 6.07) is 6.39. The number of rotatable bonds is 7. The van der Waals surface area contributed by atoms with Crippen molar-refractivity contribution in [2.45, 2.75) is 20.3 Å². The Kier molecular flexibility index (Phi) is 9.47. The molecule has 0 unspecified atom stereocenters. The molecule has 0 bridgehead atoms. The minimum absolute atomic E-state index is 0. The summed E-state index contributed by atoms with van der Waals surface area (Å²) in [5.41, 5.74) is 3.91. The SMILES string of the molecule is CCNC(=NCCSC)NCCc1c[nH]c2cccc(C)c12.I. The lowest BCUT2D eigenvalue weighted by molar-refractivity contribution is 0.806. The largest absolute Gasteiger partial charge is 0.361 e. The number of aromatic nitrogens is 1. The average molecular weight is 446 g/mol. The van der Waals surface area contributed by atoms with Crippen LogP contribution in [0.15, 0.2) is 29.4 Å². The molecule has 0 saturated heterocycles. The third-order valence-corrected chi connectivity index (χ3v) is 4.18. The van der Waals surface area contributed by atoms with Gasteiger partial charge in [-0.05, 0) is 43.7 Å². The smallest absolute Gasteiger partial charge is 0.191 e. The van der Waals surface area contributed by atoms with Crippen LogP contribution in [0, 0.1) is 6.92 Å². The lowest BCUT2D eigenvalue weighted by Gasteiger charge is -2.11. The fourth-order valence-electron chi connectivity index (χ4n) is 2.55. The van der Waals surface area contributed by atoms with Crippen molar-refractivity contribution in [3.63, 3.8) is 0 Å². The van der Waals surface area contributed by atoms with Gasteiger partial charge in [0.1, 0.15) is 0 Å². The molecule has 0 aliphatic rings. The molecule has 4 nitrogen and oxygen atoms in total. The van der Waals surface area contributed by atoms with Gasteiger partial charge in [-0.3, -0.25) is 4.99 Å². The lowest BCUT2D eigenvalue weighted by atomic mass is 10.1. The number of aryl methyl sites for hydroxylation is 1. The molecule has 0 atom stereocenters. The summed E-state index contributed by atoms with van der Waals surface area (Å²) in [6.45, 7) is 6.88. The number of aliphatic imine (C=N–C) groups is 1. The van der Waals surface area contributed by atoms with Crippen LogP contribution in [-0.4, -0.2) is 42.6 Å². The number of hydrogen-bond acceptors (Lipinski definition) is 2. The van der Waals surface area contributed by atoms with Crippen LogP contribution in [0.1, 0.15) is 18.1 Å². The van der Waals surface area contributed by atoms with Gasteiger partial charge in [-0.1, -0.05) is 12.1 Å². The van der Waals surface area contributed by atoms with E-state index in [1.807, 2.05) is 11.8 Å². The molecule has 0 saturated carbocycles. The highest BCUT2D eigenvalue weighted by Crippen LogP contribution is 2.22. The molecular weight excluding hydrogens is 419 g/mol. The Labute approximate surface area is 160 Å². The highest BCUT2D eigenvalue weighted by Gasteiger charge is 2.06. The highest BCUT2D eigenvalue weighted by atomic mass is 127. The maximum absolute atomic E-state index is 4.57. The van der Waals surface area contributed by atoms with Crippen molar-refractivity contribution in [2.24, 2.45) is 4.99 Å². The zero-order valence-electron chi connectivity index (χ0n) is 14.1. The van der Waals surface area contributed by atoms with Gasteiger partial charge in [0.25, 0.3) is 0 Å². The van der Waals surface area contributed by atoms with E-state index in [1.165, 1.54) is 22.0 Å². The number of thioether (sulfide) groups is 1. The third kappa shape index (κ3) is 5.91. The fraction of sp³-hybridized carbons (Fsp3) is 0.471. The molecule has 128 valence electrons. The number of halogens is 1. The summed E-state index contributed by atoms with van der Waals surface area (Å²) in [6.07, 6.45) is 5.21. The summed E-state index contributed by atoms with van der Waals surface area (Å²) in [7, 11) is 0. The molecule has 0 aliphatic carbocycles. The first-order valence-electron chi connectivity index (χ1n) is 7.83. The van der Waals surface area contributed by atoms with E-state index in [4.69, 9.17) is 0 Å². The Morgan fingerprint density at radius 2 is 2.13 bits per heavy atom. The molecule has 1 aromatic carbocycles. The van der Waals surface area contributed by atoms with E-state index < -0.39 is 0 Å². The summed E-state index contributed by atoms with van der Waals surface area (Å²) >= 11 is 1.82. The predicted octanol–water partition coefficient (Wildman–Crippen LogP) is 3.55. The van der Waals surface area contributed by atoms with Crippen molar-refractivity contribution >= 4 is 52.6 Å². The average Bonchev–Trinajstić information content (AvgIpc) is 2.92. The molecule has 0 aliphatic heterocycles. The molecule has 6 heteroatoms. The molecular formula is C17H27IN4S. The van der Waals surface area contributed by atoms with Crippen LogP contribution in [0.25, 0.3) is 10.9 Å². The Morgan fingerprint density at radius 1 is 1.30 bits per heavy atom. The van der Waals surface area contributed by atoms with Gasteiger partial charge in [0.05, 0.1) is 6.54 Å². The molecule has 23 heavy (non-hydrogen) atoms. The number of aromatic amines is 1. The monoisotopic (exact) mass is 446 g/mol. The van der Waals surface area contributed by atoms with Crippen molar-refractivity contribution < 1.29 is 0 Å². The van der Waals surface area contributed by atoms with E-state index in [0.29, 0.717) is 0 Å².